The average molecular weight is 313 g/mol. The number of para-hydroxylation sites is 1. The molecule has 20 heavy (non-hydrogen) atoms. The quantitative estimate of drug-likeness (QED) is 0.835. The van der Waals surface area contributed by atoms with Gasteiger partial charge >= 0.3 is 0 Å². The van der Waals surface area contributed by atoms with Crippen LogP contribution in [-0.4, -0.2) is 30.1 Å². The van der Waals surface area contributed by atoms with Crippen LogP contribution in [0.25, 0.3) is 11.0 Å². The number of nitrogens with two attached hydrogens (primary N) is 1. The smallest absolute Gasteiger partial charge is 0.243 e. The predicted octanol–water partition coefficient (Wildman–Crippen LogP) is 1.32. The highest BCUT2D eigenvalue weighted by Gasteiger charge is 2.30. The third-order valence-electron chi connectivity index (χ3n) is 3.24. The molecule has 0 aliphatic heterocycles. The molecular formula is C12H15N3O3S2. The molecule has 0 aliphatic rings. The zero-order valence-electron chi connectivity index (χ0n) is 11.3. The highest BCUT2D eigenvalue weighted by atomic mass is 32.2. The number of nitrogens with one attached hydrogen (secondary N) is 1. The van der Waals surface area contributed by atoms with E-state index in [2.05, 4.69) is 4.98 Å². The molecule has 0 unspecified atom stereocenters. The van der Waals surface area contributed by atoms with E-state index in [-0.39, 0.29) is 9.67 Å². The molecule has 0 atom stereocenters. The SMILES string of the molecule is CC(C)(C(N)=O)n1c(=S)[nH]c2c(S(C)(=O)=O)cccc21. The monoisotopic (exact) mass is 313 g/mol. The molecule has 0 saturated heterocycles. The van der Waals surface area contributed by atoms with Gasteiger partial charge in [-0.1, -0.05) is 6.07 Å². The predicted molar refractivity (Wildman–Crippen MR) is 78.7 cm³/mol. The minimum absolute atomic E-state index is 0.139. The molecule has 1 heterocycles. The molecule has 0 saturated carbocycles. The number of primary amides is 1. The Morgan fingerprint density at radius 1 is 1.40 bits per heavy atom. The van der Waals surface area contributed by atoms with Gasteiger partial charge in [0, 0.05) is 6.26 Å². The number of fused-ring (bicyclic) bond motifs is 1. The van der Waals surface area contributed by atoms with Crippen molar-refractivity contribution in [3.63, 3.8) is 0 Å². The lowest BCUT2D eigenvalue weighted by molar-refractivity contribution is -0.124. The summed E-state index contributed by atoms with van der Waals surface area (Å²) in [5.74, 6) is -0.556. The van der Waals surface area contributed by atoms with Crippen LogP contribution in [0.15, 0.2) is 23.1 Å². The maximum absolute atomic E-state index is 11.8. The van der Waals surface area contributed by atoms with E-state index in [4.69, 9.17) is 18.0 Å². The largest absolute Gasteiger partial charge is 0.368 e. The van der Waals surface area contributed by atoms with Crippen LogP contribution in [0.2, 0.25) is 0 Å². The number of aromatic nitrogens is 2. The summed E-state index contributed by atoms with van der Waals surface area (Å²) in [7, 11) is -3.41. The zero-order valence-corrected chi connectivity index (χ0v) is 12.9. The second-order valence-corrected chi connectivity index (χ2v) is 7.48. The third kappa shape index (κ3) is 2.14. The summed E-state index contributed by atoms with van der Waals surface area (Å²) in [6, 6.07) is 4.79. The Hall–Kier alpha value is -1.67. The Kier molecular flexibility index (Phi) is 3.26. The van der Waals surface area contributed by atoms with Crippen molar-refractivity contribution in [1.29, 1.82) is 0 Å². The van der Waals surface area contributed by atoms with E-state index >= 15 is 0 Å². The molecule has 0 bridgehead atoms. The average Bonchev–Trinajstić information content (AvgIpc) is 2.63. The Morgan fingerprint density at radius 2 is 2.00 bits per heavy atom. The number of benzene rings is 1. The summed E-state index contributed by atoms with van der Waals surface area (Å²) in [6.45, 7) is 3.26. The second kappa shape index (κ2) is 4.42. The zero-order chi connectivity index (χ0) is 15.3. The van der Waals surface area contributed by atoms with E-state index in [1.54, 1.807) is 26.0 Å². The van der Waals surface area contributed by atoms with E-state index in [9.17, 15) is 13.2 Å². The van der Waals surface area contributed by atoms with Gasteiger partial charge in [-0.2, -0.15) is 0 Å². The van der Waals surface area contributed by atoms with E-state index in [0.717, 1.165) is 6.26 Å². The molecule has 0 spiro atoms. The van der Waals surface area contributed by atoms with Gasteiger partial charge in [-0.25, -0.2) is 8.42 Å². The maximum Gasteiger partial charge on any atom is 0.243 e. The van der Waals surface area contributed by atoms with Crippen LogP contribution in [0, 0.1) is 4.77 Å². The summed E-state index contributed by atoms with van der Waals surface area (Å²) in [5.41, 5.74) is 5.26. The normalized spacial score (nSPS) is 12.8. The van der Waals surface area contributed by atoms with E-state index in [1.807, 2.05) is 0 Å². The van der Waals surface area contributed by atoms with Gasteiger partial charge in [-0.15, -0.1) is 0 Å². The summed E-state index contributed by atoms with van der Waals surface area (Å²) in [4.78, 5) is 14.6. The summed E-state index contributed by atoms with van der Waals surface area (Å²) in [6.07, 6.45) is 1.12. The van der Waals surface area contributed by atoms with Crippen LogP contribution in [-0.2, 0) is 20.2 Å². The Bertz CT molecular complexity index is 860. The number of carbonyl (C=O) groups excluding carboxylic acids is 1. The molecule has 1 aromatic heterocycles. The fraction of sp³-hybridized carbons (Fsp3) is 0.333. The minimum Gasteiger partial charge on any atom is -0.368 e. The van der Waals surface area contributed by atoms with Crippen molar-refractivity contribution in [1.82, 2.24) is 9.55 Å². The van der Waals surface area contributed by atoms with Crippen molar-refractivity contribution in [3.8, 4) is 0 Å². The van der Waals surface area contributed by atoms with Crippen molar-refractivity contribution in [2.24, 2.45) is 5.73 Å². The van der Waals surface area contributed by atoms with Crippen LogP contribution in [0.4, 0.5) is 0 Å². The fourth-order valence-corrected chi connectivity index (χ4v) is 3.36. The molecule has 0 fully saturated rings. The van der Waals surface area contributed by atoms with Crippen molar-refractivity contribution in [3.05, 3.63) is 23.0 Å². The molecule has 2 aromatic rings. The number of imidazole rings is 1. The summed E-state index contributed by atoms with van der Waals surface area (Å²) >= 11 is 5.21. The van der Waals surface area contributed by atoms with Gasteiger partial charge in [0.2, 0.25) is 5.91 Å². The van der Waals surface area contributed by atoms with Crippen LogP contribution < -0.4 is 5.73 Å². The first kappa shape index (κ1) is 14.7. The maximum atomic E-state index is 11.8. The molecule has 0 radical (unpaired) electrons. The second-order valence-electron chi connectivity index (χ2n) is 5.11. The minimum atomic E-state index is -3.41. The van der Waals surface area contributed by atoms with Gasteiger partial charge in [0.15, 0.2) is 14.6 Å². The third-order valence-corrected chi connectivity index (χ3v) is 4.67. The van der Waals surface area contributed by atoms with Crippen molar-refractivity contribution in [2.45, 2.75) is 24.3 Å². The van der Waals surface area contributed by atoms with Crippen LogP contribution in [0.1, 0.15) is 13.8 Å². The van der Waals surface area contributed by atoms with Gasteiger partial charge in [0.05, 0.1) is 15.9 Å². The van der Waals surface area contributed by atoms with Crippen molar-refractivity contribution >= 4 is 39.0 Å². The van der Waals surface area contributed by atoms with Crippen LogP contribution >= 0.6 is 12.2 Å². The van der Waals surface area contributed by atoms with E-state index < -0.39 is 21.3 Å². The molecule has 8 heteroatoms. The molecule has 1 amide bonds. The Balaban J connectivity index is 2.95. The van der Waals surface area contributed by atoms with Crippen LogP contribution in [0.3, 0.4) is 0 Å². The van der Waals surface area contributed by atoms with Gasteiger partial charge < -0.3 is 15.3 Å². The number of nitrogens with zero attached hydrogens (tertiary/aromatic N) is 1. The van der Waals surface area contributed by atoms with E-state index in [1.165, 1.54) is 10.6 Å². The summed E-state index contributed by atoms with van der Waals surface area (Å²) < 4.78 is 25.4. The standard InChI is InChI=1S/C12H15N3O3S2/c1-12(2,10(13)16)15-7-5-4-6-8(20(3,17)18)9(7)14-11(15)19/h4-6H,1-3H3,(H2,13,16)(H,14,19). The molecule has 6 nitrogen and oxygen atoms in total. The molecule has 3 N–H and O–H groups in total. The number of hydrogen-bond acceptors (Lipinski definition) is 4. The molecule has 2 rings (SSSR count). The summed E-state index contributed by atoms with van der Waals surface area (Å²) in [5, 5.41) is 0. The fourth-order valence-electron chi connectivity index (χ4n) is 2.08. The number of hydrogen-bond donors (Lipinski definition) is 2. The lowest BCUT2D eigenvalue weighted by atomic mass is 10.0. The Labute approximate surface area is 121 Å². The van der Waals surface area contributed by atoms with Gasteiger partial charge in [-0.05, 0) is 38.2 Å². The Morgan fingerprint density at radius 3 is 2.50 bits per heavy atom. The number of rotatable bonds is 3. The highest BCUT2D eigenvalue weighted by molar-refractivity contribution is 7.91. The van der Waals surface area contributed by atoms with Crippen LogP contribution in [0.5, 0.6) is 0 Å². The first-order chi connectivity index (χ1) is 9.06. The number of aromatic amines is 1. The number of H-pyrrole nitrogens is 1. The molecular weight excluding hydrogens is 298 g/mol. The van der Waals surface area contributed by atoms with Gasteiger partial charge in [0.1, 0.15) is 5.54 Å². The first-order valence-electron chi connectivity index (χ1n) is 5.81. The number of carbonyl (C=O) groups is 1. The lowest BCUT2D eigenvalue weighted by Crippen LogP contribution is -2.41. The van der Waals surface area contributed by atoms with Gasteiger partial charge in [0.25, 0.3) is 0 Å². The molecule has 108 valence electrons. The van der Waals surface area contributed by atoms with Crippen molar-refractivity contribution < 1.29 is 13.2 Å². The molecule has 1 aromatic carbocycles. The van der Waals surface area contributed by atoms with Gasteiger partial charge in [-0.3, -0.25) is 4.79 Å². The number of sulfone groups is 1. The first-order valence-corrected chi connectivity index (χ1v) is 8.11. The molecule has 0 aliphatic carbocycles. The lowest BCUT2D eigenvalue weighted by Gasteiger charge is -2.23. The topological polar surface area (TPSA) is 97.9 Å². The number of amides is 1. The van der Waals surface area contributed by atoms with E-state index in [0.29, 0.717) is 11.0 Å². The van der Waals surface area contributed by atoms with Crippen molar-refractivity contribution in [2.75, 3.05) is 6.26 Å². The highest BCUT2D eigenvalue weighted by Crippen LogP contribution is 2.27.